The van der Waals surface area contributed by atoms with Gasteiger partial charge in [0.1, 0.15) is 5.82 Å². The van der Waals surface area contributed by atoms with Crippen molar-refractivity contribution in [1.29, 1.82) is 0 Å². The van der Waals surface area contributed by atoms with Gasteiger partial charge in [-0.05, 0) is 68.3 Å². The first-order valence-electron chi connectivity index (χ1n) is 10.6. The average Bonchev–Trinajstić information content (AvgIpc) is 3.10. The van der Waals surface area contributed by atoms with Gasteiger partial charge in [-0.25, -0.2) is 21.9 Å². The van der Waals surface area contributed by atoms with Gasteiger partial charge in [0.2, 0.25) is 15.8 Å². The van der Waals surface area contributed by atoms with Crippen molar-refractivity contribution in [3.05, 3.63) is 88.5 Å². The van der Waals surface area contributed by atoms with Crippen LogP contribution in [-0.4, -0.2) is 49.7 Å². The summed E-state index contributed by atoms with van der Waals surface area (Å²) in [5.41, 5.74) is 3.26. The normalized spacial score (nSPS) is 11.6. The van der Waals surface area contributed by atoms with Gasteiger partial charge in [-0.1, -0.05) is 12.1 Å². The van der Waals surface area contributed by atoms with Crippen LogP contribution in [0, 0.1) is 19.7 Å². The van der Waals surface area contributed by atoms with Gasteiger partial charge in [0, 0.05) is 37.6 Å². The van der Waals surface area contributed by atoms with E-state index in [1.54, 1.807) is 18.2 Å². The first-order chi connectivity index (χ1) is 16.0. The Morgan fingerprint density at radius 1 is 1.00 bits per heavy atom. The molecule has 0 saturated heterocycles. The van der Waals surface area contributed by atoms with Crippen LogP contribution in [0.4, 0.5) is 4.39 Å². The monoisotopic (exact) mass is 486 g/mol. The maximum absolute atomic E-state index is 13.1. The number of esters is 1. The third-order valence-corrected chi connectivity index (χ3v) is 7.44. The summed E-state index contributed by atoms with van der Waals surface area (Å²) in [5.74, 6) is -1.33. The predicted octanol–water partition coefficient (Wildman–Crippen LogP) is 3.78. The molecule has 0 N–H and O–H groups in total. The van der Waals surface area contributed by atoms with Crippen LogP contribution in [0.3, 0.4) is 0 Å². The Morgan fingerprint density at radius 2 is 1.62 bits per heavy atom. The van der Waals surface area contributed by atoms with Crippen LogP contribution >= 0.6 is 0 Å². The van der Waals surface area contributed by atoms with E-state index in [4.69, 9.17) is 4.74 Å². The van der Waals surface area contributed by atoms with E-state index in [1.807, 2.05) is 18.4 Å². The molecule has 0 aliphatic carbocycles. The zero-order chi connectivity index (χ0) is 25.0. The topological polar surface area (TPSA) is 85.7 Å². The van der Waals surface area contributed by atoms with Crippen molar-refractivity contribution in [2.75, 3.05) is 20.7 Å². The third kappa shape index (κ3) is 5.60. The summed E-state index contributed by atoms with van der Waals surface area (Å²) in [6.45, 7) is 3.91. The van der Waals surface area contributed by atoms with E-state index in [0.29, 0.717) is 18.5 Å². The van der Waals surface area contributed by atoms with E-state index in [9.17, 15) is 22.4 Å². The Morgan fingerprint density at radius 3 is 2.21 bits per heavy atom. The van der Waals surface area contributed by atoms with Crippen molar-refractivity contribution in [3.63, 3.8) is 0 Å². The van der Waals surface area contributed by atoms with Crippen molar-refractivity contribution in [3.8, 4) is 0 Å². The predicted molar refractivity (Wildman–Crippen MR) is 126 cm³/mol. The maximum atomic E-state index is 13.1. The lowest BCUT2D eigenvalue weighted by molar-refractivity contribution is 0.0474. The maximum Gasteiger partial charge on any atom is 0.338 e. The molecule has 9 heteroatoms. The number of ketones is 1. The van der Waals surface area contributed by atoms with Gasteiger partial charge >= 0.3 is 5.97 Å². The largest absolute Gasteiger partial charge is 0.454 e. The Hall–Kier alpha value is -3.30. The van der Waals surface area contributed by atoms with Crippen molar-refractivity contribution < 1.29 is 27.1 Å². The molecule has 2 aromatic carbocycles. The molecule has 0 fully saturated rings. The van der Waals surface area contributed by atoms with Gasteiger partial charge in [-0.2, -0.15) is 0 Å². The molecule has 0 unspecified atom stereocenters. The summed E-state index contributed by atoms with van der Waals surface area (Å²) in [7, 11) is -0.765. The minimum absolute atomic E-state index is 0.0539. The number of rotatable bonds is 9. The van der Waals surface area contributed by atoms with E-state index < -0.39 is 22.6 Å². The van der Waals surface area contributed by atoms with E-state index >= 15 is 0 Å². The second-order valence-electron chi connectivity index (χ2n) is 8.12. The van der Waals surface area contributed by atoms with Crippen LogP contribution in [0.25, 0.3) is 0 Å². The van der Waals surface area contributed by atoms with Crippen LogP contribution in [0.5, 0.6) is 0 Å². The molecule has 0 aliphatic heterocycles. The Labute approximate surface area is 198 Å². The zero-order valence-corrected chi connectivity index (χ0v) is 20.4. The summed E-state index contributed by atoms with van der Waals surface area (Å²) in [5, 5.41) is 0. The molecule has 0 amide bonds. The van der Waals surface area contributed by atoms with Gasteiger partial charge in [0.25, 0.3) is 0 Å². The molecule has 7 nitrogen and oxygen atoms in total. The van der Waals surface area contributed by atoms with Gasteiger partial charge < -0.3 is 9.30 Å². The number of nitrogens with zero attached hydrogens (tertiary/aromatic N) is 2. The highest BCUT2D eigenvalue weighted by molar-refractivity contribution is 7.89. The highest BCUT2D eigenvalue weighted by Crippen LogP contribution is 2.18. The Kier molecular flexibility index (Phi) is 7.68. The minimum atomic E-state index is -3.60. The average molecular weight is 487 g/mol. The van der Waals surface area contributed by atoms with Crippen LogP contribution in [-0.2, 0) is 27.7 Å². The van der Waals surface area contributed by atoms with Gasteiger partial charge in [-0.3, -0.25) is 4.79 Å². The van der Waals surface area contributed by atoms with E-state index in [0.717, 1.165) is 21.3 Å². The quantitative estimate of drug-likeness (QED) is 0.339. The first kappa shape index (κ1) is 25.3. The molecule has 0 aliphatic rings. The highest BCUT2D eigenvalue weighted by atomic mass is 32.2. The number of aryl methyl sites for hydroxylation is 2. The fourth-order valence-electron chi connectivity index (χ4n) is 3.59. The Bertz CT molecular complexity index is 1290. The zero-order valence-electron chi connectivity index (χ0n) is 19.5. The van der Waals surface area contributed by atoms with E-state index in [1.165, 1.54) is 50.5 Å². The molecule has 1 aromatic heterocycles. The second-order valence-corrected chi connectivity index (χ2v) is 10.3. The molecular formula is C25H27FN2O5S. The van der Waals surface area contributed by atoms with Gasteiger partial charge in [0.05, 0.1) is 10.5 Å². The fourth-order valence-corrected chi connectivity index (χ4v) is 4.49. The van der Waals surface area contributed by atoms with Crippen molar-refractivity contribution in [2.24, 2.45) is 0 Å². The summed E-state index contributed by atoms with van der Waals surface area (Å²) in [4.78, 5) is 25.1. The lowest BCUT2D eigenvalue weighted by atomic mass is 10.1. The molecule has 0 spiro atoms. The second kappa shape index (κ2) is 10.3. The van der Waals surface area contributed by atoms with Crippen molar-refractivity contribution in [2.45, 2.75) is 31.7 Å². The van der Waals surface area contributed by atoms with Crippen molar-refractivity contribution >= 4 is 21.8 Å². The van der Waals surface area contributed by atoms with Gasteiger partial charge in [-0.15, -0.1) is 0 Å². The Balaban J connectivity index is 1.63. The summed E-state index contributed by atoms with van der Waals surface area (Å²) >= 11 is 0. The lowest BCUT2D eigenvalue weighted by Gasteiger charge is -2.11. The number of aromatic nitrogens is 1. The van der Waals surface area contributed by atoms with E-state index in [2.05, 4.69) is 0 Å². The standard InChI is InChI=1S/C25H27FN2O5S/c1-17-15-23(18(2)28(17)14-13-19-5-9-21(26)10-6-19)24(29)16-33-25(30)20-7-11-22(12-8-20)34(31,32)27(3)4/h5-12,15H,13-14,16H2,1-4H3. The number of Topliss-reactive ketones (excluding diaryl/α,β-unsaturated/α-hetero) is 1. The molecule has 180 valence electrons. The molecule has 34 heavy (non-hydrogen) atoms. The summed E-state index contributed by atoms with van der Waals surface area (Å²) in [6.07, 6.45) is 0.679. The summed E-state index contributed by atoms with van der Waals surface area (Å²) < 4.78 is 45.6. The fraction of sp³-hybridized carbons (Fsp3) is 0.280. The number of hydrogen-bond acceptors (Lipinski definition) is 5. The van der Waals surface area contributed by atoms with Crippen LogP contribution in [0.2, 0.25) is 0 Å². The van der Waals surface area contributed by atoms with Crippen molar-refractivity contribution in [1.82, 2.24) is 8.87 Å². The minimum Gasteiger partial charge on any atom is -0.454 e. The molecule has 0 bridgehead atoms. The molecular weight excluding hydrogens is 459 g/mol. The summed E-state index contributed by atoms with van der Waals surface area (Å²) in [6, 6.07) is 13.4. The third-order valence-electron chi connectivity index (χ3n) is 5.61. The molecule has 0 saturated carbocycles. The number of hydrogen-bond donors (Lipinski definition) is 0. The van der Waals surface area contributed by atoms with Crippen LogP contribution < -0.4 is 0 Å². The first-order valence-corrected chi connectivity index (χ1v) is 12.1. The SMILES string of the molecule is Cc1cc(C(=O)COC(=O)c2ccc(S(=O)(=O)N(C)C)cc2)c(C)n1CCc1ccc(F)cc1. The van der Waals surface area contributed by atoms with Crippen LogP contribution in [0.1, 0.15) is 37.7 Å². The number of carbonyl (C=O) groups is 2. The van der Waals surface area contributed by atoms with Gasteiger partial charge in [0.15, 0.2) is 6.61 Å². The smallest absolute Gasteiger partial charge is 0.338 e. The molecule has 3 rings (SSSR count). The number of sulfonamides is 1. The number of carbonyl (C=O) groups excluding carboxylic acids is 2. The molecule has 1 heterocycles. The van der Waals surface area contributed by atoms with E-state index in [-0.39, 0.29) is 22.1 Å². The van der Waals surface area contributed by atoms with Crippen LogP contribution in [0.15, 0.2) is 59.5 Å². The number of halogens is 1. The molecule has 3 aromatic rings. The number of ether oxygens (including phenoxy) is 1. The number of benzene rings is 2. The molecule has 0 radical (unpaired) electrons. The lowest BCUT2D eigenvalue weighted by Crippen LogP contribution is -2.22. The highest BCUT2D eigenvalue weighted by Gasteiger charge is 2.20. The molecule has 0 atom stereocenters.